The first-order valence-corrected chi connectivity index (χ1v) is 7.66. The number of benzene rings is 1. The lowest BCUT2D eigenvalue weighted by Crippen LogP contribution is -2.11. The minimum absolute atomic E-state index is 0.0130. The van der Waals surface area contributed by atoms with Gasteiger partial charge in [-0.05, 0) is 49.4 Å². The molecule has 6 nitrogen and oxygen atoms in total. The Morgan fingerprint density at radius 2 is 2.12 bits per heavy atom. The lowest BCUT2D eigenvalue weighted by atomic mass is 10.1. The van der Waals surface area contributed by atoms with Gasteiger partial charge in [0.15, 0.2) is 5.76 Å². The molecule has 1 N–H and O–H groups in total. The molecule has 0 aliphatic carbocycles. The Morgan fingerprint density at radius 1 is 1.28 bits per heavy atom. The molecule has 0 fully saturated rings. The topological polar surface area (TPSA) is 89.6 Å². The summed E-state index contributed by atoms with van der Waals surface area (Å²) in [6.45, 7) is 2.03. The highest BCUT2D eigenvalue weighted by atomic mass is 16.5. The van der Waals surface area contributed by atoms with Gasteiger partial charge in [-0.25, -0.2) is 4.79 Å². The van der Waals surface area contributed by atoms with E-state index in [1.165, 1.54) is 18.2 Å². The third-order valence-corrected chi connectivity index (χ3v) is 3.50. The van der Waals surface area contributed by atoms with Gasteiger partial charge < -0.3 is 14.3 Å². The number of pyridine rings is 1. The molecule has 0 unspecified atom stereocenters. The molecular weight excluding hydrogens is 322 g/mol. The second-order valence-corrected chi connectivity index (χ2v) is 5.16. The van der Waals surface area contributed by atoms with E-state index < -0.39 is 11.4 Å². The van der Waals surface area contributed by atoms with Crippen molar-refractivity contribution >= 4 is 29.1 Å². The van der Waals surface area contributed by atoms with E-state index in [1.807, 2.05) is 12.1 Å². The predicted octanol–water partition coefficient (Wildman–Crippen LogP) is 3.46. The van der Waals surface area contributed by atoms with Crippen molar-refractivity contribution in [2.24, 2.45) is 0 Å². The number of hydrogen-bond donors (Lipinski definition) is 1. The molecule has 3 aromatic rings. The number of hydrogen-bond acceptors (Lipinski definition) is 5. The van der Waals surface area contributed by atoms with Crippen LogP contribution in [0.2, 0.25) is 0 Å². The molecule has 3 rings (SSSR count). The lowest BCUT2D eigenvalue weighted by molar-refractivity contribution is 0.0697. The molecule has 0 saturated heterocycles. The normalized spacial score (nSPS) is 11.1. The van der Waals surface area contributed by atoms with Crippen molar-refractivity contribution in [3.05, 3.63) is 69.8 Å². The maximum atomic E-state index is 12.7. The highest BCUT2D eigenvalue weighted by molar-refractivity contribution is 5.93. The van der Waals surface area contributed by atoms with E-state index in [0.29, 0.717) is 11.3 Å². The zero-order valence-corrected chi connectivity index (χ0v) is 13.4. The molecule has 0 aliphatic heterocycles. The quantitative estimate of drug-likeness (QED) is 0.767. The molecular formula is C19H15NO5. The van der Waals surface area contributed by atoms with Gasteiger partial charge in [-0.3, -0.25) is 9.78 Å². The first-order valence-electron chi connectivity index (χ1n) is 7.66. The number of fused-ring (bicyclic) bond motifs is 1. The largest absolute Gasteiger partial charge is 0.487 e. The van der Waals surface area contributed by atoms with Gasteiger partial charge in [0, 0.05) is 6.20 Å². The minimum atomic E-state index is -1.11. The highest BCUT2D eigenvalue weighted by Gasteiger charge is 2.15. The predicted molar refractivity (Wildman–Crippen MR) is 93.8 cm³/mol. The number of carboxylic acid groups (broad SMARTS) is 1. The average Bonchev–Trinajstić information content (AvgIpc) is 2.63. The summed E-state index contributed by atoms with van der Waals surface area (Å²) in [6, 6.07) is 9.61. The van der Waals surface area contributed by atoms with Gasteiger partial charge in [-0.1, -0.05) is 6.07 Å². The first-order chi connectivity index (χ1) is 12.1. The summed E-state index contributed by atoms with van der Waals surface area (Å²) in [4.78, 5) is 28.0. The molecule has 0 spiro atoms. The first kappa shape index (κ1) is 16.4. The number of aromatic nitrogens is 1. The van der Waals surface area contributed by atoms with Gasteiger partial charge in [0.05, 0.1) is 23.3 Å². The number of carbonyl (C=O) groups is 1. The summed E-state index contributed by atoms with van der Waals surface area (Å²) >= 11 is 0. The van der Waals surface area contributed by atoms with E-state index in [1.54, 1.807) is 31.3 Å². The summed E-state index contributed by atoms with van der Waals surface area (Å²) in [5.74, 6) is -0.809. The Morgan fingerprint density at radius 3 is 2.80 bits per heavy atom. The number of ether oxygens (including phenoxy) is 1. The van der Waals surface area contributed by atoms with Gasteiger partial charge in [-0.2, -0.15) is 0 Å². The van der Waals surface area contributed by atoms with Crippen LogP contribution in [0.25, 0.3) is 23.1 Å². The molecule has 1 aromatic carbocycles. The van der Waals surface area contributed by atoms with Crippen LogP contribution in [0.4, 0.5) is 0 Å². The molecule has 25 heavy (non-hydrogen) atoms. The van der Waals surface area contributed by atoms with Crippen LogP contribution in [0.3, 0.4) is 0 Å². The second kappa shape index (κ2) is 7.00. The van der Waals surface area contributed by atoms with E-state index in [0.717, 1.165) is 0 Å². The van der Waals surface area contributed by atoms with Crippen molar-refractivity contribution in [3.8, 4) is 5.75 Å². The van der Waals surface area contributed by atoms with Gasteiger partial charge in [0.1, 0.15) is 5.58 Å². The van der Waals surface area contributed by atoms with E-state index in [-0.39, 0.29) is 29.1 Å². The van der Waals surface area contributed by atoms with Crippen molar-refractivity contribution < 1.29 is 19.1 Å². The maximum Gasteiger partial charge on any atom is 0.335 e. The zero-order chi connectivity index (χ0) is 17.8. The van der Waals surface area contributed by atoms with Crippen LogP contribution in [0.1, 0.15) is 28.7 Å². The fourth-order valence-corrected chi connectivity index (χ4v) is 2.35. The molecule has 0 saturated carbocycles. The summed E-state index contributed by atoms with van der Waals surface area (Å²) in [6.07, 6.45) is 4.98. The lowest BCUT2D eigenvalue weighted by Gasteiger charge is -2.08. The van der Waals surface area contributed by atoms with Gasteiger partial charge in [-0.15, -0.1) is 0 Å². The fourth-order valence-electron chi connectivity index (χ4n) is 2.35. The molecule has 0 amide bonds. The van der Waals surface area contributed by atoms with Gasteiger partial charge in [0.2, 0.25) is 11.2 Å². The summed E-state index contributed by atoms with van der Waals surface area (Å²) in [5.41, 5.74) is 0.596. The van der Waals surface area contributed by atoms with Gasteiger partial charge >= 0.3 is 5.97 Å². The van der Waals surface area contributed by atoms with Crippen LogP contribution in [0, 0.1) is 0 Å². The van der Waals surface area contributed by atoms with Crippen LogP contribution >= 0.6 is 0 Å². The molecule has 0 atom stereocenters. The zero-order valence-electron chi connectivity index (χ0n) is 13.4. The van der Waals surface area contributed by atoms with Crippen LogP contribution < -0.4 is 10.2 Å². The Balaban J connectivity index is 2.16. The van der Waals surface area contributed by atoms with Crippen LogP contribution in [-0.2, 0) is 0 Å². The average molecular weight is 337 g/mol. The maximum absolute atomic E-state index is 12.7. The highest BCUT2D eigenvalue weighted by Crippen LogP contribution is 2.24. The van der Waals surface area contributed by atoms with Gasteiger partial charge in [0.25, 0.3) is 0 Å². The molecule has 126 valence electrons. The molecule has 0 aliphatic rings. The fraction of sp³-hybridized carbons (Fsp3) is 0.105. The molecule has 0 bridgehead atoms. The number of rotatable bonds is 5. The molecule has 2 aromatic heterocycles. The standard InChI is InChI=1S/C19H15NO5/c1-2-24-18-16(9-7-13-5-3-4-10-20-13)25-15-8-6-12(19(22)23)11-14(15)17(18)21/h3-11H,2H2,1H3,(H,22,23)/b9-7+. The smallest absolute Gasteiger partial charge is 0.335 e. The Bertz CT molecular complexity index is 1010. The SMILES string of the molecule is CCOc1c(/C=C/c2ccccn2)oc2ccc(C(=O)O)cc2c1=O. The minimum Gasteiger partial charge on any atom is -0.487 e. The van der Waals surface area contributed by atoms with Crippen molar-refractivity contribution in [1.29, 1.82) is 0 Å². The Kier molecular flexibility index (Phi) is 4.61. The molecule has 6 heteroatoms. The summed E-state index contributed by atoms with van der Waals surface area (Å²) in [7, 11) is 0. The number of aromatic carboxylic acids is 1. The van der Waals surface area contributed by atoms with Crippen LogP contribution in [0.5, 0.6) is 5.75 Å². The Hall–Kier alpha value is -3.41. The van der Waals surface area contributed by atoms with Crippen LogP contribution in [-0.4, -0.2) is 22.7 Å². The second-order valence-electron chi connectivity index (χ2n) is 5.16. The summed E-state index contributed by atoms with van der Waals surface area (Å²) in [5, 5.41) is 9.26. The van der Waals surface area contributed by atoms with Crippen molar-refractivity contribution in [1.82, 2.24) is 4.98 Å². The van der Waals surface area contributed by atoms with E-state index in [4.69, 9.17) is 14.3 Å². The van der Waals surface area contributed by atoms with E-state index >= 15 is 0 Å². The van der Waals surface area contributed by atoms with Crippen molar-refractivity contribution in [2.75, 3.05) is 6.61 Å². The van der Waals surface area contributed by atoms with Crippen molar-refractivity contribution in [3.63, 3.8) is 0 Å². The monoisotopic (exact) mass is 337 g/mol. The Labute approximate surface area is 143 Å². The summed E-state index contributed by atoms with van der Waals surface area (Å²) < 4.78 is 11.2. The third-order valence-electron chi connectivity index (χ3n) is 3.50. The molecule has 2 heterocycles. The molecule has 0 radical (unpaired) electrons. The third kappa shape index (κ3) is 3.42. The van der Waals surface area contributed by atoms with Crippen LogP contribution in [0.15, 0.2) is 51.8 Å². The van der Waals surface area contributed by atoms with E-state index in [9.17, 15) is 9.59 Å². The van der Waals surface area contributed by atoms with Crippen molar-refractivity contribution in [2.45, 2.75) is 6.92 Å². The number of nitrogens with zero attached hydrogens (tertiary/aromatic N) is 1. The van der Waals surface area contributed by atoms with E-state index in [2.05, 4.69) is 4.98 Å². The number of carboxylic acids is 1.